The lowest BCUT2D eigenvalue weighted by molar-refractivity contribution is -0.113. The normalized spacial score (nSPS) is 12.5. The summed E-state index contributed by atoms with van der Waals surface area (Å²) in [6, 6.07) is 10.1. The molecule has 0 bridgehead atoms. The van der Waals surface area contributed by atoms with Gasteiger partial charge in [0.05, 0.1) is 10.2 Å². The molecule has 0 aliphatic rings. The van der Waals surface area contributed by atoms with Crippen molar-refractivity contribution in [2.75, 3.05) is 0 Å². The van der Waals surface area contributed by atoms with Gasteiger partial charge in [-0.3, -0.25) is 4.79 Å². The van der Waals surface area contributed by atoms with Crippen molar-refractivity contribution in [2.24, 2.45) is 4.99 Å². The Bertz CT molecular complexity index is 920. The number of aromatic nitrogens is 1. The highest BCUT2D eigenvalue weighted by Gasteiger charge is 2.07. The van der Waals surface area contributed by atoms with Crippen molar-refractivity contribution in [2.45, 2.75) is 19.9 Å². The average Bonchev–Trinajstić information content (AvgIpc) is 3.14. The van der Waals surface area contributed by atoms with E-state index in [4.69, 9.17) is 0 Å². The van der Waals surface area contributed by atoms with E-state index in [9.17, 15) is 4.79 Å². The number of thiazole rings is 1. The third-order valence-electron chi connectivity index (χ3n) is 3.23. The summed E-state index contributed by atoms with van der Waals surface area (Å²) in [6.45, 7) is 2.97. The second kappa shape index (κ2) is 7.38. The lowest BCUT2D eigenvalue weighted by Gasteiger charge is -2.02. The maximum Gasteiger partial charge on any atom is 0.272 e. The minimum absolute atomic E-state index is 0.228. The summed E-state index contributed by atoms with van der Waals surface area (Å²) in [7, 11) is 0. The first kappa shape index (κ1) is 16.4. The molecule has 0 saturated carbocycles. The fourth-order valence-corrected chi connectivity index (χ4v) is 4.47. The number of benzene rings is 1. The summed E-state index contributed by atoms with van der Waals surface area (Å²) in [5, 5.41) is 1.99. The van der Waals surface area contributed by atoms with Crippen molar-refractivity contribution in [1.82, 2.24) is 4.57 Å². The van der Waals surface area contributed by atoms with Gasteiger partial charge in [-0.15, -0.1) is 11.3 Å². The molecular formula is C17H15BrN2OS2. The Hall–Kier alpha value is -1.50. The molecule has 3 rings (SSSR count). The fraction of sp³-hybridized carbons (Fsp3) is 0.176. The van der Waals surface area contributed by atoms with Gasteiger partial charge in [-0.05, 0) is 42.1 Å². The number of halogens is 1. The zero-order valence-electron chi connectivity index (χ0n) is 12.5. The Balaban J connectivity index is 2.00. The van der Waals surface area contributed by atoms with Crippen LogP contribution in [0.4, 0.5) is 0 Å². The first-order valence-electron chi connectivity index (χ1n) is 7.26. The molecule has 3 nitrogen and oxygen atoms in total. The van der Waals surface area contributed by atoms with Crippen LogP contribution in [-0.4, -0.2) is 10.5 Å². The first-order valence-corrected chi connectivity index (χ1v) is 9.75. The number of fused-ring (bicyclic) bond motifs is 1. The molecule has 0 aliphatic carbocycles. The minimum Gasteiger partial charge on any atom is -0.316 e. The first-order chi connectivity index (χ1) is 11.2. The predicted molar refractivity (Wildman–Crippen MR) is 102 cm³/mol. The van der Waals surface area contributed by atoms with Crippen LogP contribution in [-0.2, 0) is 11.3 Å². The molecule has 2 aromatic heterocycles. The van der Waals surface area contributed by atoms with Gasteiger partial charge in [-0.2, -0.15) is 4.99 Å². The molecule has 0 N–H and O–H groups in total. The SMILES string of the molecule is CCCn1c(=NC(=O)/C=C/c2cccs2)sc2cc(Br)ccc21. The summed E-state index contributed by atoms with van der Waals surface area (Å²) in [6.07, 6.45) is 4.33. The number of rotatable bonds is 4. The molecule has 0 aliphatic heterocycles. The van der Waals surface area contributed by atoms with E-state index in [-0.39, 0.29) is 5.91 Å². The number of amides is 1. The maximum atomic E-state index is 12.1. The van der Waals surface area contributed by atoms with E-state index in [1.54, 1.807) is 22.7 Å². The third kappa shape index (κ3) is 3.88. The van der Waals surface area contributed by atoms with Crippen molar-refractivity contribution >= 4 is 60.8 Å². The smallest absolute Gasteiger partial charge is 0.272 e. The Morgan fingerprint density at radius 3 is 3.00 bits per heavy atom. The van der Waals surface area contributed by atoms with Gasteiger partial charge in [-0.25, -0.2) is 0 Å². The van der Waals surface area contributed by atoms with Crippen LogP contribution in [0.5, 0.6) is 0 Å². The number of hydrogen-bond donors (Lipinski definition) is 0. The minimum atomic E-state index is -0.228. The largest absolute Gasteiger partial charge is 0.316 e. The molecule has 1 aromatic carbocycles. The molecule has 0 spiro atoms. The van der Waals surface area contributed by atoms with Crippen molar-refractivity contribution in [3.63, 3.8) is 0 Å². The fourth-order valence-electron chi connectivity index (χ4n) is 2.24. The summed E-state index contributed by atoms with van der Waals surface area (Å²) in [5.74, 6) is -0.228. The van der Waals surface area contributed by atoms with Gasteiger partial charge in [0, 0.05) is 22.0 Å². The number of carbonyl (C=O) groups is 1. The van der Waals surface area contributed by atoms with E-state index in [0.29, 0.717) is 0 Å². The molecule has 2 heterocycles. The molecule has 0 saturated heterocycles. The van der Waals surface area contributed by atoms with Crippen LogP contribution >= 0.6 is 38.6 Å². The molecule has 1 amide bonds. The van der Waals surface area contributed by atoms with Gasteiger partial charge >= 0.3 is 0 Å². The quantitative estimate of drug-likeness (QED) is 0.556. The third-order valence-corrected chi connectivity index (χ3v) is 5.60. The second-order valence-corrected chi connectivity index (χ2v) is 7.85. The topological polar surface area (TPSA) is 34.4 Å². The standard InChI is InChI=1S/C17H15BrN2OS2/c1-2-9-20-14-7-5-12(18)11-15(14)23-17(20)19-16(21)8-6-13-4-3-10-22-13/h3-8,10-11H,2,9H2,1H3/b8-6+,19-17?. The molecular weight excluding hydrogens is 392 g/mol. The molecule has 0 fully saturated rings. The van der Waals surface area contributed by atoms with E-state index in [2.05, 4.69) is 44.5 Å². The molecule has 6 heteroatoms. The average molecular weight is 407 g/mol. The lowest BCUT2D eigenvalue weighted by Crippen LogP contribution is -2.16. The van der Waals surface area contributed by atoms with Crippen molar-refractivity contribution in [3.8, 4) is 0 Å². The Morgan fingerprint density at radius 1 is 1.39 bits per heavy atom. The van der Waals surface area contributed by atoms with Crippen LogP contribution in [0, 0.1) is 0 Å². The van der Waals surface area contributed by atoms with E-state index in [1.807, 2.05) is 29.7 Å². The molecule has 0 atom stereocenters. The summed E-state index contributed by atoms with van der Waals surface area (Å²) < 4.78 is 4.27. The van der Waals surface area contributed by atoms with E-state index in [1.165, 1.54) is 6.08 Å². The summed E-state index contributed by atoms with van der Waals surface area (Å²) in [5.41, 5.74) is 1.12. The second-order valence-electron chi connectivity index (χ2n) is 4.95. The molecule has 0 radical (unpaired) electrons. The van der Waals surface area contributed by atoms with Crippen molar-refractivity contribution < 1.29 is 4.79 Å². The van der Waals surface area contributed by atoms with Crippen LogP contribution in [0.1, 0.15) is 18.2 Å². The van der Waals surface area contributed by atoms with Gasteiger partial charge < -0.3 is 4.57 Å². The highest BCUT2D eigenvalue weighted by atomic mass is 79.9. The monoisotopic (exact) mass is 406 g/mol. The molecule has 118 valence electrons. The number of hydrogen-bond acceptors (Lipinski definition) is 3. The zero-order valence-corrected chi connectivity index (χ0v) is 15.7. The van der Waals surface area contributed by atoms with Crippen LogP contribution in [0.3, 0.4) is 0 Å². The number of carbonyl (C=O) groups excluding carboxylic acids is 1. The van der Waals surface area contributed by atoms with Crippen LogP contribution < -0.4 is 4.80 Å². The predicted octanol–water partition coefficient (Wildman–Crippen LogP) is 5.08. The van der Waals surface area contributed by atoms with Gasteiger partial charge in [0.2, 0.25) is 0 Å². The van der Waals surface area contributed by atoms with Crippen LogP contribution in [0.2, 0.25) is 0 Å². The van der Waals surface area contributed by atoms with Gasteiger partial charge in [0.15, 0.2) is 4.80 Å². The van der Waals surface area contributed by atoms with Gasteiger partial charge in [0.1, 0.15) is 0 Å². The Kier molecular flexibility index (Phi) is 5.25. The van der Waals surface area contributed by atoms with E-state index in [0.717, 1.165) is 37.3 Å². The highest BCUT2D eigenvalue weighted by molar-refractivity contribution is 9.10. The zero-order chi connectivity index (χ0) is 16.2. The summed E-state index contributed by atoms with van der Waals surface area (Å²) in [4.78, 5) is 18.2. The molecule has 23 heavy (non-hydrogen) atoms. The Labute approximate surface area is 150 Å². The summed E-state index contributed by atoms with van der Waals surface area (Å²) >= 11 is 6.64. The van der Waals surface area contributed by atoms with Crippen LogP contribution in [0.25, 0.3) is 16.3 Å². The highest BCUT2D eigenvalue weighted by Crippen LogP contribution is 2.22. The van der Waals surface area contributed by atoms with Gasteiger partial charge in [-0.1, -0.05) is 40.3 Å². The van der Waals surface area contributed by atoms with Crippen molar-refractivity contribution in [1.29, 1.82) is 0 Å². The maximum absolute atomic E-state index is 12.1. The van der Waals surface area contributed by atoms with Gasteiger partial charge in [0.25, 0.3) is 5.91 Å². The van der Waals surface area contributed by atoms with Crippen molar-refractivity contribution in [3.05, 3.63) is 55.9 Å². The lowest BCUT2D eigenvalue weighted by atomic mass is 10.3. The number of thiophene rings is 1. The molecule has 3 aromatic rings. The van der Waals surface area contributed by atoms with E-state index < -0.39 is 0 Å². The molecule has 0 unspecified atom stereocenters. The van der Waals surface area contributed by atoms with Crippen LogP contribution in [0.15, 0.2) is 51.3 Å². The van der Waals surface area contributed by atoms with E-state index >= 15 is 0 Å². The Morgan fingerprint density at radius 2 is 2.26 bits per heavy atom. The number of nitrogens with zero attached hydrogens (tertiary/aromatic N) is 2. The number of aryl methyl sites for hydroxylation is 1.